The summed E-state index contributed by atoms with van der Waals surface area (Å²) in [5, 5.41) is 8.20. The van der Waals surface area contributed by atoms with Gasteiger partial charge in [-0.2, -0.15) is 10.2 Å². The molecule has 1 heterocycles. The van der Waals surface area contributed by atoms with Crippen LogP contribution in [0.5, 0.6) is 0 Å². The Bertz CT molecular complexity index is 888. The van der Waals surface area contributed by atoms with Crippen LogP contribution in [0.2, 0.25) is 0 Å². The minimum Gasteiger partial charge on any atom is -0.267 e. The molecule has 0 aliphatic rings. The molecular formula is C18H15BrN4OS. The van der Waals surface area contributed by atoms with Crippen LogP contribution in [0.15, 0.2) is 75.4 Å². The van der Waals surface area contributed by atoms with E-state index in [0.29, 0.717) is 5.56 Å². The summed E-state index contributed by atoms with van der Waals surface area (Å²) in [4.78, 5) is 13.3. The molecule has 0 atom stereocenters. The summed E-state index contributed by atoms with van der Waals surface area (Å²) in [6.07, 6.45) is 6.82. The van der Waals surface area contributed by atoms with Crippen molar-refractivity contribution in [2.24, 2.45) is 5.10 Å². The van der Waals surface area contributed by atoms with E-state index in [0.717, 1.165) is 15.7 Å². The number of nitrogens with one attached hydrogen (secondary N) is 1. The average molecular weight is 415 g/mol. The van der Waals surface area contributed by atoms with Crippen molar-refractivity contribution >= 4 is 39.8 Å². The van der Waals surface area contributed by atoms with Gasteiger partial charge >= 0.3 is 0 Å². The van der Waals surface area contributed by atoms with Crippen LogP contribution in [0.3, 0.4) is 0 Å². The second kappa shape index (κ2) is 8.13. The lowest BCUT2D eigenvalue weighted by Crippen LogP contribution is -2.16. The van der Waals surface area contributed by atoms with Crippen molar-refractivity contribution in [1.82, 2.24) is 15.2 Å². The Morgan fingerprint density at radius 1 is 1.20 bits per heavy atom. The fourth-order valence-corrected chi connectivity index (χ4v) is 2.77. The number of thioether (sulfide) groups is 1. The molecule has 1 aromatic heterocycles. The Morgan fingerprint density at radius 2 is 1.92 bits per heavy atom. The van der Waals surface area contributed by atoms with Gasteiger partial charge < -0.3 is 0 Å². The molecule has 2 aromatic carbocycles. The highest BCUT2D eigenvalue weighted by Gasteiger charge is 2.08. The van der Waals surface area contributed by atoms with Gasteiger partial charge in [-0.1, -0.05) is 28.1 Å². The van der Waals surface area contributed by atoms with Gasteiger partial charge in [0.15, 0.2) is 0 Å². The number of carbonyl (C=O) groups is 1. The van der Waals surface area contributed by atoms with Crippen LogP contribution in [-0.2, 0) is 0 Å². The fourth-order valence-electron chi connectivity index (χ4n) is 2.10. The maximum atomic E-state index is 12.1. The van der Waals surface area contributed by atoms with E-state index in [4.69, 9.17) is 0 Å². The van der Waals surface area contributed by atoms with Gasteiger partial charge in [0.25, 0.3) is 5.91 Å². The Kier molecular flexibility index (Phi) is 5.67. The van der Waals surface area contributed by atoms with Crippen LogP contribution in [-0.4, -0.2) is 28.2 Å². The summed E-state index contributed by atoms with van der Waals surface area (Å²) in [5.41, 5.74) is 4.75. The van der Waals surface area contributed by atoms with E-state index < -0.39 is 0 Å². The number of amides is 1. The van der Waals surface area contributed by atoms with Gasteiger partial charge in [-0.05, 0) is 48.2 Å². The molecule has 5 nitrogen and oxygen atoms in total. The summed E-state index contributed by atoms with van der Waals surface area (Å²) in [6.45, 7) is 0. The minimum atomic E-state index is -0.305. The molecule has 25 heavy (non-hydrogen) atoms. The molecule has 126 valence electrons. The molecule has 3 rings (SSSR count). The topological polar surface area (TPSA) is 59.3 Å². The van der Waals surface area contributed by atoms with E-state index in [1.807, 2.05) is 54.8 Å². The molecule has 0 spiro atoms. The van der Waals surface area contributed by atoms with Gasteiger partial charge in [0.1, 0.15) is 0 Å². The lowest BCUT2D eigenvalue weighted by Gasteiger charge is -2.00. The van der Waals surface area contributed by atoms with E-state index >= 15 is 0 Å². The SMILES string of the molecule is CSc1ccc(/C=N\NC(=O)c2cnn(-c3ccc(Br)cc3)c2)cc1. The second-order valence-electron chi connectivity index (χ2n) is 5.12. The van der Waals surface area contributed by atoms with Crippen LogP contribution >= 0.6 is 27.7 Å². The lowest BCUT2D eigenvalue weighted by molar-refractivity contribution is 0.0955. The number of hydrazone groups is 1. The Labute approximate surface area is 158 Å². The summed E-state index contributed by atoms with van der Waals surface area (Å²) in [7, 11) is 0. The Balaban J connectivity index is 1.63. The molecule has 0 bridgehead atoms. The van der Waals surface area contributed by atoms with E-state index in [2.05, 4.69) is 31.6 Å². The molecule has 1 N–H and O–H groups in total. The molecule has 1 amide bonds. The normalized spacial score (nSPS) is 11.0. The third-order valence-corrected chi connectivity index (χ3v) is 4.70. The predicted octanol–water partition coefficient (Wildman–Crippen LogP) is 4.12. The molecule has 0 unspecified atom stereocenters. The number of nitrogens with zero attached hydrogens (tertiary/aromatic N) is 3. The quantitative estimate of drug-likeness (QED) is 0.388. The standard InChI is InChI=1S/C18H15BrN4OS/c1-25-17-8-2-13(3-9-17)10-20-22-18(24)14-11-21-23(12-14)16-6-4-15(19)5-7-16/h2-12H,1H3,(H,22,24)/b20-10-. The van der Waals surface area contributed by atoms with Crippen molar-refractivity contribution in [1.29, 1.82) is 0 Å². The van der Waals surface area contributed by atoms with E-state index in [1.165, 1.54) is 11.1 Å². The maximum absolute atomic E-state index is 12.1. The molecule has 7 heteroatoms. The number of rotatable bonds is 5. The highest BCUT2D eigenvalue weighted by molar-refractivity contribution is 9.10. The van der Waals surface area contributed by atoms with Gasteiger partial charge in [0.2, 0.25) is 0 Å². The van der Waals surface area contributed by atoms with Crippen molar-refractivity contribution in [2.75, 3.05) is 6.26 Å². The monoisotopic (exact) mass is 414 g/mol. The van der Waals surface area contributed by atoms with E-state index in [9.17, 15) is 4.79 Å². The molecular weight excluding hydrogens is 400 g/mol. The zero-order valence-electron chi connectivity index (χ0n) is 13.4. The number of carbonyl (C=O) groups excluding carboxylic acids is 1. The minimum absolute atomic E-state index is 0.305. The first-order valence-corrected chi connectivity index (χ1v) is 9.45. The summed E-state index contributed by atoms with van der Waals surface area (Å²) in [6, 6.07) is 15.6. The van der Waals surface area contributed by atoms with Gasteiger partial charge in [-0.25, -0.2) is 10.1 Å². The van der Waals surface area contributed by atoms with Gasteiger partial charge in [-0.15, -0.1) is 11.8 Å². The van der Waals surface area contributed by atoms with Gasteiger partial charge in [-0.3, -0.25) is 4.79 Å². The lowest BCUT2D eigenvalue weighted by atomic mass is 10.2. The van der Waals surface area contributed by atoms with Crippen molar-refractivity contribution in [3.63, 3.8) is 0 Å². The highest BCUT2D eigenvalue weighted by Crippen LogP contribution is 2.15. The Hall–Kier alpha value is -2.38. The number of benzene rings is 2. The molecule has 3 aromatic rings. The van der Waals surface area contributed by atoms with Crippen LogP contribution < -0.4 is 5.43 Å². The predicted molar refractivity (Wildman–Crippen MR) is 105 cm³/mol. The van der Waals surface area contributed by atoms with Crippen LogP contribution in [0, 0.1) is 0 Å². The molecule has 0 aliphatic heterocycles. The average Bonchev–Trinajstić information content (AvgIpc) is 3.13. The van der Waals surface area contributed by atoms with Crippen LogP contribution in [0.25, 0.3) is 5.69 Å². The molecule has 0 fully saturated rings. The first kappa shape index (κ1) is 17.4. The summed E-state index contributed by atoms with van der Waals surface area (Å²) < 4.78 is 2.63. The van der Waals surface area contributed by atoms with Crippen molar-refractivity contribution in [3.05, 3.63) is 76.5 Å². The maximum Gasteiger partial charge on any atom is 0.274 e. The third-order valence-electron chi connectivity index (χ3n) is 3.43. The van der Waals surface area contributed by atoms with Crippen molar-refractivity contribution in [2.45, 2.75) is 4.90 Å². The second-order valence-corrected chi connectivity index (χ2v) is 6.92. The largest absolute Gasteiger partial charge is 0.274 e. The van der Waals surface area contributed by atoms with Gasteiger partial charge in [0, 0.05) is 15.6 Å². The number of hydrogen-bond donors (Lipinski definition) is 1. The van der Waals surface area contributed by atoms with E-state index in [1.54, 1.807) is 28.9 Å². The zero-order valence-corrected chi connectivity index (χ0v) is 15.8. The molecule has 0 saturated carbocycles. The first-order valence-electron chi connectivity index (χ1n) is 7.44. The third kappa shape index (κ3) is 4.58. The van der Waals surface area contributed by atoms with Gasteiger partial charge in [0.05, 0.1) is 23.7 Å². The zero-order chi connectivity index (χ0) is 17.6. The van der Waals surface area contributed by atoms with Crippen LogP contribution in [0.1, 0.15) is 15.9 Å². The smallest absolute Gasteiger partial charge is 0.267 e. The number of halogens is 1. The Morgan fingerprint density at radius 3 is 2.60 bits per heavy atom. The summed E-state index contributed by atoms with van der Waals surface area (Å²) >= 11 is 5.07. The van der Waals surface area contributed by atoms with E-state index in [-0.39, 0.29) is 5.91 Å². The number of hydrogen-bond acceptors (Lipinski definition) is 4. The highest BCUT2D eigenvalue weighted by atomic mass is 79.9. The van der Waals surface area contributed by atoms with Crippen LogP contribution in [0.4, 0.5) is 0 Å². The molecule has 0 saturated heterocycles. The number of aromatic nitrogens is 2. The van der Waals surface area contributed by atoms with Crippen molar-refractivity contribution in [3.8, 4) is 5.69 Å². The first-order chi connectivity index (χ1) is 12.2. The summed E-state index contributed by atoms with van der Waals surface area (Å²) in [5.74, 6) is -0.305. The van der Waals surface area contributed by atoms with Crippen molar-refractivity contribution < 1.29 is 4.79 Å². The molecule has 0 aliphatic carbocycles. The molecule has 0 radical (unpaired) electrons. The fraction of sp³-hybridized carbons (Fsp3) is 0.0556.